The molecule has 0 saturated carbocycles. The SMILES string of the molecule is CC(C)Cc1ccc(S(=O)(=O)NCc2cn[nH]c2N)cc1. The summed E-state index contributed by atoms with van der Waals surface area (Å²) in [7, 11) is -3.55. The molecule has 1 heterocycles. The number of aromatic nitrogens is 2. The maximum atomic E-state index is 12.2. The first kappa shape index (κ1) is 15.5. The lowest BCUT2D eigenvalue weighted by molar-refractivity contribution is 0.581. The van der Waals surface area contributed by atoms with Gasteiger partial charge in [0.15, 0.2) is 0 Å². The zero-order chi connectivity index (χ0) is 15.5. The van der Waals surface area contributed by atoms with Gasteiger partial charge in [-0.2, -0.15) is 5.10 Å². The van der Waals surface area contributed by atoms with Crippen LogP contribution in [-0.2, 0) is 23.0 Å². The molecule has 2 aromatic rings. The fraction of sp³-hybridized carbons (Fsp3) is 0.357. The third-order valence-corrected chi connectivity index (χ3v) is 4.50. The molecule has 0 unspecified atom stereocenters. The number of sulfonamides is 1. The minimum absolute atomic E-state index is 0.110. The summed E-state index contributed by atoms with van der Waals surface area (Å²) in [5.74, 6) is 0.902. The molecular weight excluding hydrogens is 288 g/mol. The van der Waals surface area contributed by atoms with Crippen LogP contribution in [0.3, 0.4) is 0 Å². The molecule has 0 radical (unpaired) electrons. The number of benzene rings is 1. The van der Waals surface area contributed by atoms with Crippen LogP contribution in [-0.4, -0.2) is 18.6 Å². The van der Waals surface area contributed by atoms with E-state index in [9.17, 15) is 8.42 Å². The summed E-state index contributed by atoms with van der Waals surface area (Å²) >= 11 is 0. The van der Waals surface area contributed by atoms with E-state index in [1.165, 1.54) is 6.20 Å². The molecule has 21 heavy (non-hydrogen) atoms. The van der Waals surface area contributed by atoms with Gasteiger partial charge in [-0.3, -0.25) is 5.10 Å². The van der Waals surface area contributed by atoms with Gasteiger partial charge in [0.05, 0.1) is 11.1 Å². The Balaban J connectivity index is 2.07. The lowest BCUT2D eigenvalue weighted by Gasteiger charge is -2.08. The summed E-state index contributed by atoms with van der Waals surface area (Å²) in [6.07, 6.45) is 2.43. The minimum Gasteiger partial charge on any atom is -0.384 e. The third-order valence-electron chi connectivity index (χ3n) is 3.08. The van der Waals surface area contributed by atoms with Crippen molar-refractivity contribution in [1.29, 1.82) is 0 Å². The lowest BCUT2D eigenvalue weighted by Crippen LogP contribution is -2.23. The summed E-state index contributed by atoms with van der Waals surface area (Å²) in [4.78, 5) is 0.247. The summed E-state index contributed by atoms with van der Waals surface area (Å²) in [6, 6.07) is 6.94. The van der Waals surface area contributed by atoms with E-state index in [1.54, 1.807) is 12.1 Å². The van der Waals surface area contributed by atoms with Crippen molar-refractivity contribution in [1.82, 2.24) is 14.9 Å². The highest BCUT2D eigenvalue weighted by molar-refractivity contribution is 7.89. The number of hydrogen-bond donors (Lipinski definition) is 3. The summed E-state index contributed by atoms with van der Waals surface area (Å²) < 4.78 is 26.9. The molecular formula is C14H20N4O2S. The van der Waals surface area contributed by atoms with Crippen LogP contribution in [0.1, 0.15) is 25.0 Å². The zero-order valence-corrected chi connectivity index (χ0v) is 12.9. The normalized spacial score (nSPS) is 12.0. The molecule has 0 aliphatic rings. The topological polar surface area (TPSA) is 101 Å². The van der Waals surface area contributed by atoms with Crippen molar-refractivity contribution in [2.45, 2.75) is 31.7 Å². The van der Waals surface area contributed by atoms with Crippen LogP contribution in [0, 0.1) is 5.92 Å². The van der Waals surface area contributed by atoms with Crippen molar-refractivity contribution >= 4 is 15.8 Å². The van der Waals surface area contributed by atoms with Gasteiger partial charge in [-0.15, -0.1) is 0 Å². The van der Waals surface area contributed by atoms with Crippen molar-refractivity contribution in [3.8, 4) is 0 Å². The highest BCUT2D eigenvalue weighted by atomic mass is 32.2. The monoisotopic (exact) mass is 308 g/mol. The first-order valence-corrected chi connectivity index (χ1v) is 8.23. The Hall–Kier alpha value is -1.86. The van der Waals surface area contributed by atoms with Crippen molar-refractivity contribution in [3.05, 3.63) is 41.6 Å². The van der Waals surface area contributed by atoms with Crippen LogP contribution in [0.15, 0.2) is 35.4 Å². The average molecular weight is 308 g/mol. The molecule has 4 N–H and O–H groups in total. The van der Waals surface area contributed by atoms with Crippen molar-refractivity contribution in [2.75, 3.05) is 5.73 Å². The van der Waals surface area contributed by atoms with Crippen LogP contribution >= 0.6 is 0 Å². The smallest absolute Gasteiger partial charge is 0.240 e. The second kappa shape index (κ2) is 6.28. The van der Waals surface area contributed by atoms with Crippen molar-refractivity contribution < 1.29 is 8.42 Å². The Morgan fingerprint density at radius 3 is 2.48 bits per heavy atom. The summed E-state index contributed by atoms with van der Waals surface area (Å²) in [6.45, 7) is 4.36. The highest BCUT2D eigenvalue weighted by Crippen LogP contribution is 2.14. The molecule has 0 aliphatic carbocycles. The van der Waals surface area contributed by atoms with Gasteiger partial charge < -0.3 is 5.73 Å². The van der Waals surface area contributed by atoms with Crippen LogP contribution in [0.5, 0.6) is 0 Å². The van der Waals surface area contributed by atoms with Gasteiger partial charge in [-0.25, -0.2) is 13.1 Å². The van der Waals surface area contributed by atoms with Crippen molar-refractivity contribution in [3.63, 3.8) is 0 Å². The van der Waals surface area contributed by atoms with E-state index in [1.807, 2.05) is 12.1 Å². The van der Waals surface area contributed by atoms with E-state index in [4.69, 9.17) is 5.73 Å². The molecule has 1 aromatic carbocycles. The number of rotatable bonds is 6. The largest absolute Gasteiger partial charge is 0.384 e. The lowest BCUT2D eigenvalue weighted by atomic mass is 10.0. The second-order valence-electron chi connectivity index (χ2n) is 5.38. The first-order chi connectivity index (χ1) is 9.88. The van der Waals surface area contributed by atoms with Gasteiger partial charge in [-0.05, 0) is 30.0 Å². The summed E-state index contributed by atoms with van der Waals surface area (Å²) in [5.41, 5.74) is 7.37. The highest BCUT2D eigenvalue weighted by Gasteiger charge is 2.14. The Morgan fingerprint density at radius 1 is 1.29 bits per heavy atom. The predicted octanol–water partition coefficient (Wildman–Crippen LogP) is 1.67. The van der Waals surface area contributed by atoms with Gasteiger partial charge >= 0.3 is 0 Å². The molecule has 0 fully saturated rings. The molecule has 0 spiro atoms. The van der Waals surface area contributed by atoms with Crippen LogP contribution in [0.4, 0.5) is 5.82 Å². The molecule has 7 heteroatoms. The Morgan fingerprint density at radius 2 is 1.95 bits per heavy atom. The van der Waals surface area contributed by atoms with Gasteiger partial charge in [-0.1, -0.05) is 26.0 Å². The number of hydrogen-bond acceptors (Lipinski definition) is 4. The minimum atomic E-state index is -3.55. The molecule has 0 atom stereocenters. The quantitative estimate of drug-likeness (QED) is 0.755. The molecule has 0 aliphatic heterocycles. The number of nitrogens with zero attached hydrogens (tertiary/aromatic N) is 1. The molecule has 6 nitrogen and oxygen atoms in total. The van der Waals surface area contributed by atoms with Crippen LogP contribution in [0.25, 0.3) is 0 Å². The zero-order valence-electron chi connectivity index (χ0n) is 12.1. The fourth-order valence-electron chi connectivity index (χ4n) is 1.99. The molecule has 114 valence electrons. The number of H-pyrrole nitrogens is 1. The van der Waals surface area contributed by atoms with E-state index in [0.29, 0.717) is 17.3 Å². The van der Waals surface area contributed by atoms with Gasteiger partial charge in [0.25, 0.3) is 0 Å². The van der Waals surface area contributed by atoms with Crippen LogP contribution < -0.4 is 10.5 Å². The fourth-order valence-corrected chi connectivity index (χ4v) is 3.00. The van der Waals surface area contributed by atoms with E-state index in [0.717, 1.165) is 12.0 Å². The molecule has 0 amide bonds. The second-order valence-corrected chi connectivity index (χ2v) is 7.14. The average Bonchev–Trinajstić information content (AvgIpc) is 2.82. The number of anilines is 1. The van der Waals surface area contributed by atoms with E-state index in [-0.39, 0.29) is 11.4 Å². The van der Waals surface area contributed by atoms with E-state index in [2.05, 4.69) is 28.8 Å². The number of nitrogens with two attached hydrogens (primary N) is 1. The predicted molar refractivity (Wildman–Crippen MR) is 82.0 cm³/mol. The number of nitrogen functional groups attached to an aromatic ring is 1. The number of nitrogens with one attached hydrogen (secondary N) is 2. The summed E-state index contributed by atoms with van der Waals surface area (Å²) in [5, 5.41) is 6.31. The van der Waals surface area contributed by atoms with Gasteiger partial charge in [0.1, 0.15) is 5.82 Å². The third kappa shape index (κ3) is 4.05. The molecule has 0 bridgehead atoms. The van der Waals surface area contributed by atoms with E-state index < -0.39 is 10.0 Å². The first-order valence-electron chi connectivity index (χ1n) is 6.75. The Bertz CT molecular complexity index is 690. The van der Waals surface area contributed by atoms with Gasteiger partial charge in [0.2, 0.25) is 10.0 Å². The maximum Gasteiger partial charge on any atom is 0.240 e. The molecule has 0 saturated heterocycles. The van der Waals surface area contributed by atoms with Crippen molar-refractivity contribution in [2.24, 2.45) is 5.92 Å². The Labute approximate surface area is 124 Å². The number of aromatic amines is 1. The maximum absolute atomic E-state index is 12.2. The van der Waals surface area contributed by atoms with E-state index >= 15 is 0 Å². The Kier molecular flexibility index (Phi) is 4.64. The molecule has 2 rings (SSSR count). The van der Waals surface area contributed by atoms with Crippen LogP contribution in [0.2, 0.25) is 0 Å². The molecule has 1 aromatic heterocycles. The van der Waals surface area contributed by atoms with Gasteiger partial charge in [0, 0.05) is 12.1 Å². The standard InChI is InChI=1S/C14H20N4O2S/c1-10(2)7-11-3-5-13(6-4-11)21(19,20)17-9-12-8-16-18-14(12)15/h3-6,8,10,17H,7,9H2,1-2H3,(H3,15,16,18).